The van der Waals surface area contributed by atoms with Crippen LogP contribution in [0.4, 0.5) is 20.6 Å². The molecule has 2 aromatic carbocycles. The Labute approximate surface area is 148 Å². The minimum atomic E-state index is -0.954. The molecule has 0 heterocycles. The molecule has 6 nitrogen and oxygen atoms in total. The first-order valence-corrected chi connectivity index (χ1v) is 7.67. The lowest BCUT2D eigenvalue weighted by Crippen LogP contribution is -2.31. The molecule has 0 radical (unpaired) electrons. The van der Waals surface area contributed by atoms with Gasteiger partial charge in [0.15, 0.2) is 0 Å². The Morgan fingerprint density at radius 3 is 2.36 bits per heavy atom. The largest absolute Gasteiger partial charge is 0.493 e. The summed E-state index contributed by atoms with van der Waals surface area (Å²) in [7, 11) is 0. The number of aliphatic carboxylic acids is 1. The van der Waals surface area contributed by atoms with E-state index in [2.05, 4.69) is 0 Å². The Bertz CT molecular complexity index is 783. The van der Waals surface area contributed by atoms with E-state index < -0.39 is 23.7 Å². The number of ether oxygens (including phenoxy) is 1. The number of carboxylic acids is 1. The number of anilines is 2. The monoisotopic (exact) mass is 366 g/mol. The molecule has 132 valence electrons. The highest BCUT2D eigenvalue weighted by Gasteiger charge is 2.17. The number of primary amides is 1. The van der Waals surface area contributed by atoms with Crippen LogP contribution in [0.2, 0.25) is 5.02 Å². The van der Waals surface area contributed by atoms with Crippen molar-refractivity contribution in [3.8, 4) is 5.75 Å². The maximum Gasteiger partial charge on any atom is 0.323 e. The molecule has 25 heavy (non-hydrogen) atoms. The van der Waals surface area contributed by atoms with Crippen molar-refractivity contribution in [3.05, 3.63) is 53.3 Å². The second kappa shape index (κ2) is 7.85. The molecule has 0 bridgehead atoms. The summed E-state index contributed by atoms with van der Waals surface area (Å²) in [5, 5.41) is 8.70. The predicted molar refractivity (Wildman–Crippen MR) is 91.9 cm³/mol. The maximum absolute atomic E-state index is 13.3. The number of carbonyl (C=O) groups is 2. The van der Waals surface area contributed by atoms with Crippen molar-refractivity contribution in [1.29, 1.82) is 0 Å². The van der Waals surface area contributed by atoms with Crippen LogP contribution in [-0.4, -0.2) is 23.7 Å². The van der Waals surface area contributed by atoms with Gasteiger partial charge in [-0.2, -0.15) is 0 Å². The highest BCUT2D eigenvalue weighted by atomic mass is 35.5. The Kier molecular flexibility index (Phi) is 5.82. The second-order valence-electron chi connectivity index (χ2n) is 5.32. The van der Waals surface area contributed by atoms with Crippen LogP contribution in [0.3, 0.4) is 0 Å². The van der Waals surface area contributed by atoms with Crippen LogP contribution < -0.4 is 15.4 Å². The first kappa shape index (κ1) is 18.5. The average Bonchev–Trinajstić information content (AvgIpc) is 2.56. The number of benzene rings is 2. The van der Waals surface area contributed by atoms with Gasteiger partial charge in [0.05, 0.1) is 22.3 Å². The first-order chi connectivity index (χ1) is 11.8. The Morgan fingerprint density at radius 2 is 1.84 bits per heavy atom. The van der Waals surface area contributed by atoms with Crippen LogP contribution >= 0.6 is 11.6 Å². The van der Waals surface area contributed by atoms with Gasteiger partial charge in [-0.15, -0.1) is 0 Å². The first-order valence-electron chi connectivity index (χ1n) is 7.30. The van der Waals surface area contributed by atoms with Crippen molar-refractivity contribution in [3.63, 3.8) is 0 Å². The third kappa shape index (κ3) is 4.60. The van der Waals surface area contributed by atoms with Gasteiger partial charge in [-0.25, -0.2) is 9.18 Å². The lowest BCUT2D eigenvalue weighted by molar-refractivity contribution is -0.142. The summed E-state index contributed by atoms with van der Waals surface area (Å²) in [6.07, 6.45) is 0. The molecule has 0 aliphatic carbocycles. The van der Waals surface area contributed by atoms with Gasteiger partial charge in [-0.3, -0.25) is 9.69 Å². The number of halogens is 2. The predicted octanol–water partition coefficient (Wildman–Crippen LogP) is 3.80. The van der Waals surface area contributed by atoms with Gasteiger partial charge in [0, 0.05) is 0 Å². The van der Waals surface area contributed by atoms with Crippen molar-refractivity contribution in [2.45, 2.75) is 6.92 Å². The fraction of sp³-hybridized carbons (Fsp3) is 0.176. The molecule has 2 amide bonds. The molecular weight excluding hydrogens is 351 g/mol. The highest BCUT2D eigenvalue weighted by molar-refractivity contribution is 6.31. The summed E-state index contributed by atoms with van der Waals surface area (Å²) >= 11 is 5.75. The Balaban J connectivity index is 2.20. The second-order valence-corrected chi connectivity index (χ2v) is 5.72. The molecule has 3 N–H and O–H groups in total. The summed E-state index contributed by atoms with van der Waals surface area (Å²) in [6.45, 7) is 1.55. The van der Waals surface area contributed by atoms with Crippen molar-refractivity contribution in [2.75, 3.05) is 11.5 Å². The molecule has 2 aromatic rings. The minimum absolute atomic E-state index is 0.0157. The lowest BCUT2D eigenvalue weighted by atomic mass is 10.2. The minimum Gasteiger partial charge on any atom is -0.493 e. The number of hydrogen-bond acceptors (Lipinski definition) is 3. The van der Waals surface area contributed by atoms with Gasteiger partial charge >= 0.3 is 12.0 Å². The average molecular weight is 367 g/mol. The van der Waals surface area contributed by atoms with Crippen LogP contribution in [0.5, 0.6) is 5.75 Å². The summed E-state index contributed by atoms with van der Waals surface area (Å²) in [4.78, 5) is 23.7. The topological polar surface area (TPSA) is 92.9 Å². The van der Waals surface area contributed by atoms with E-state index in [0.29, 0.717) is 17.1 Å². The van der Waals surface area contributed by atoms with Crippen LogP contribution in [-0.2, 0) is 4.79 Å². The van der Waals surface area contributed by atoms with E-state index in [0.717, 1.165) is 11.0 Å². The molecule has 0 aromatic heterocycles. The van der Waals surface area contributed by atoms with E-state index in [1.165, 1.54) is 19.1 Å². The Morgan fingerprint density at radius 1 is 1.24 bits per heavy atom. The van der Waals surface area contributed by atoms with Gasteiger partial charge in [-0.05, 0) is 49.4 Å². The number of urea groups is 1. The van der Waals surface area contributed by atoms with Crippen LogP contribution in [0.1, 0.15) is 6.92 Å². The summed E-state index contributed by atoms with van der Waals surface area (Å²) in [5.74, 6) is -1.77. The molecule has 8 heteroatoms. The number of carboxylic acid groups (broad SMARTS) is 1. The normalized spacial score (nSPS) is 11.6. The molecule has 0 aliphatic heterocycles. The molecule has 1 atom stereocenters. The SMILES string of the molecule is CC(COc1ccc(N(C(N)=O)c2ccc(F)c(Cl)c2)cc1)C(=O)O. The number of rotatable bonds is 6. The number of nitrogens with two attached hydrogens (primary N) is 1. The third-order valence-electron chi connectivity index (χ3n) is 3.40. The van der Waals surface area contributed by atoms with Gasteiger partial charge in [-0.1, -0.05) is 11.6 Å². The molecule has 0 fully saturated rings. The Hall–Kier alpha value is -2.80. The van der Waals surface area contributed by atoms with Crippen LogP contribution in [0, 0.1) is 11.7 Å². The zero-order valence-electron chi connectivity index (χ0n) is 13.3. The van der Waals surface area contributed by atoms with Crippen molar-refractivity contribution < 1.29 is 23.8 Å². The zero-order valence-corrected chi connectivity index (χ0v) is 14.0. The van der Waals surface area contributed by atoms with E-state index in [-0.39, 0.29) is 11.6 Å². The van der Waals surface area contributed by atoms with E-state index in [1.807, 2.05) is 0 Å². The molecular formula is C17H16ClFN2O4. The molecule has 0 saturated heterocycles. The van der Waals surface area contributed by atoms with E-state index in [1.54, 1.807) is 24.3 Å². The number of carbonyl (C=O) groups excluding carboxylic acids is 1. The van der Waals surface area contributed by atoms with E-state index >= 15 is 0 Å². The summed E-state index contributed by atoms with van der Waals surface area (Å²) in [6, 6.07) is 9.33. The number of amides is 2. The van der Waals surface area contributed by atoms with Crippen molar-refractivity contribution in [2.24, 2.45) is 11.7 Å². The molecule has 1 unspecified atom stereocenters. The third-order valence-corrected chi connectivity index (χ3v) is 3.69. The summed E-state index contributed by atoms with van der Waals surface area (Å²) < 4.78 is 18.7. The standard InChI is InChI=1S/C17H16ClFN2O4/c1-10(16(22)23)9-25-13-5-2-11(3-6-13)21(17(20)24)12-4-7-15(19)14(18)8-12/h2-8,10H,9H2,1H3,(H2,20,24)(H,22,23). The van der Waals surface area contributed by atoms with E-state index in [4.69, 9.17) is 27.2 Å². The quantitative estimate of drug-likeness (QED) is 0.813. The van der Waals surface area contributed by atoms with Gasteiger partial charge in [0.2, 0.25) is 0 Å². The molecule has 0 spiro atoms. The van der Waals surface area contributed by atoms with Gasteiger partial charge in [0.1, 0.15) is 18.2 Å². The highest BCUT2D eigenvalue weighted by Crippen LogP contribution is 2.30. The fourth-order valence-electron chi connectivity index (χ4n) is 2.01. The van der Waals surface area contributed by atoms with Crippen LogP contribution in [0.15, 0.2) is 42.5 Å². The fourth-order valence-corrected chi connectivity index (χ4v) is 2.19. The zero-order chi connectivity index (χ0) is 18.6. The molecule has 0 saturated carbocycles. The van der Waals surface area contributed by atoms with Crippen molar-refractivity contribution >= 4 is 35.0 Å². The smallest absolute Gasteiger partial charge is 0.323 e. The number of hydrogen-bond donors (Lipinski definition) is 2. The summed E-state index contributed by atoms with van der Waals surface area (Å²) in [5.41, 5.74) is 6.15. The van der Waals surface area contributed by atoms with Crippen LogP contribution in [0.25, 0.3) is 0 Å². The molecule has 2 rings (SSSR count). The number of nitrogens with zero attached hydrogens (tertiary/aromatic N) is 1. The van der Waals surface area contributed by atoms with E-state index in [9.17, 15) is 14.0 Å². The lowest BCUT2D eigenvalue weighted by Gasteiger charge is -2.21. The maximum atomic E-state index is 13.3. The molecule has 0 aliphatic rings. The van der Waals surface area contributed by atoms with Gasteiger partial charge < -0.3 is 15.6 Å². The van der Waals surface area contributed by atoms with Crippen molar-refractivity contribution in [1.82, 2.24) is 0 Å². The van der Waals surface area contributed by atoms with Gasteiger partial charge in [0.25, 0.3) is 0 Å².